The van der Waals surface area contributed by atoms with Crippen LogP contribution in [0.25, 0.3) is 0 Å². The number of aromatic amines is 1. The summed E-state index contributed by atoms with van der Waals surface area (Å²) in [5, 5.41) is 7.74. The van der Waals surface area contributed by atoms with E-state index in [1.807, 2.05) is 0 Å². The van der Waals surface area contributed by atoms with Crippen LogP contribution in [0, 0.1) is 5.92 Å². The van der Waals surface area contributed by atoms with Crippen LogP contribution in [0.5, 0.6) is 0 Å². The fourth-order valence-electron chi connectivity index (χ4n) is 2.40. The third kappa shape index (κ3) is 2.04. The van der Waals surface area contributed by atoms with Crippen LogP contribution < -0.4 is 11.0 Å². The molecule has 0 aromatic carbocycles. The predicted molar refractivity (Wildman–Crippen MR) is 60.4 cm³/mol. The maximum atomic E-state index is 11.6. The first-order valence-electron chi connectivity index (χ1n) is 6.21. The summed E-state index contributed by atoms with van der Waals surface area (Å²) >= 11 is 0. The lowest BCUT2D eigenvalue weighted by molar-refractivity contribution is 0.366. The van der Waals surface area contributed by atoms with E-state index in [-0.39, 0.29) is 5.69 Å². The minimum absolute atomic E-state index is 0.0218. The van der Waals surface area contributed by atoms with Gasteiger partial charge in [-0.1, -0.05) is 0 Å². The minimum Gasteiger partial charge on any atom is -0.317 e. The first-order valence-corrected chi connectivity index (χ1v) is 6.21. The van der Waals surface area contributed by atoms with E-state index in [0.717, 1.165) is 38.2 Å². The van der Waals surface area contributed by atoms with Gasteiger partial charge in [0.05, 0.1) is 6.04 Å². The van der Waals surface area contributed by atoms with Gasteiger partial charge in [0.2, 0.25) is 0 Å². The first kappa shape index (κ1) is 10.1. The van der Waals surface area contributed by atoms with Gasteiger partial charge in [-0.05, 0) is 44.7 Å². The molecule has 0 radical (unpaired) electrons. The highest BCUT2D eigenvalue weighted by atomic mass is 16.2. The summed E-state index contributed by atoms with van der Waals surface area (Å²) in [6.45, 7) is 2.19. The lowest BCUT2D eigenvalue weighted by atomic mass is 9.94. The Morgan fingerprint density at radius 2 is 2.00 bits per heavy atom. The molecular weight excluding hydrogens is 204 g/mol. The molecule has 1 aliphatic carbocycles. The van der Waals surface area contributed by atoms with Crippen LogP contribution in [-0.4, -0.2) is 27.9 Å². The minimum atomic E-state index is -0.0218. The molecule has 0 spiro atoms. The standard InChI is InChI=1S/C11H18N4O/c16-11-13-10(14-15(11)9-1-2-9)7-8-3-5-12-6-4-8/h8-9,12H,1-7H2,(H,13,14,16). The zero-order chi connectivity index (χ0) is 11.0. The number of piperidine rings is 1. The fraction of sp³-hybridized carbons (Fsp3) is 0.818. The highest BCUT2D eigenvalue weighted by molar-refractivity contribution is 4.90. The van der Waals surface area contributed by atoms with Crippen LogP contribution in [-0.2, 0) is 6.42 Å². The molecule has 2 heterocycles. The van der Waals surface area contributed by atoms with Crippen molar-refractivity contribution in [2.45, 2.75) is 38.1 Å². The van der Waals surface area contributed by atoms with Crippen molar-refractivity contribution in [1.29, 1.82) is 0 Å². The van der Waals surface area contributed by atoms with Crippen LogP contribution in [0.2, 0.25) is 0 Å². The summed E-state index contributed by atoms with van der Waals surface area (Å²) in [7, 11) is 0. The second-order valence-electron chi connectivity index (χ2n) is 4.95. The SMILES string of the molecule is O=c1[nH]c(CC2CCNCC2)nn1C1CC1. The van der Waals surface area contributed by atoms with Crippen molar-refractivity contribution in [3.63, 3.8) is 0 Å². The molecule has 5 heteroatoms. The molecule has 1 saturated carbocycles. The summed E-state index contributed by atoms with van der Waals surface area (Å²) < 4.78 is 1.64. The van der Waals surface area contributed by atoms with Crippen molar-refractivity contribution in [2.75, 3.05) is 13.1 Å². The zero-order valence-corrected chi connectivity index (χ0v) is 9.41. The van der Waals surface area contributed by atoms with E-state index in [0.29, 0.717) is 12.0 Å². The molecule has 16 heavy (non-hydrogen) atoms. The zero-order valence-electron chi connectivity index (χ0n) is 9.41. The van der Waals surface area contributed by atoms with Crippen LogP contribution in [0.1, 0.15) is 37.5 Å². The number of rotatable bonds is 3. The molecule has 0 bridgehead atoms. The van der Waals surface area contributed by atoms with E-state index in [4.69, 9.17) is 0 Å². The number of hydrogen-bond donors (Lipinski definition) is 2. The Kier molecular flexibility index (Phi) is 2.55. The molecule has 88 valence electrons. The first-order chi connectivity index (χ1) is 7.83. The highest BCUT2D eigenvalue weighted by Gasteiger charge is 2.27. The van der Waals surface area contributed by atoms with Crippen molar-refractivity contribution < 1.29 is 0 Å². The lowest BCUT2D eigenvalue weighted by Gasteiger charge is -2.21. The predicted octanol–water partition coefficient (Wildman–Crippen LogP) is 0.448. The monoisotopic (exact) mass is 222 g/mol. The molecule has 0 atom stereocenters. The Bertz CT molecular complexity index is 412. The topological polar surface area (TPSA) is 62.7 Å². The van der Waals surface area contributed by atoms with Gasteiger partial charge in [0.1, 0.15) is 5.82 Å². The lowest BCUT2D eigenvalue weighted by Crippen LogP contribution is -2.28. The number of nitrogens with one attached hydrogen (secondary N) is 2. The highest BCUT2D eigenvalue weighted by Crippen LogP contribution is 2.32. The third-order valence-corrected chi connectivity index (χ3v) is 3.52. The van der Waals surface area contributed by atoms with Gasteiger partial charge in [-0.15, -0.1) is 0 Å². The summed E-state index contributed by atoms with van der Waals surface area (Å²) in [4.78, 5) is 14.5. The molecule has 2 fully saturated rings. The summed E-state index contributed by atoms with van der Waals surface area (Å²) in [5.41, 5.74) is -0.0218. The molecule has 2 N–H and O–H groups in total. The van der Waals surface area contributed by atoms with Gasteiger partial charge in [-0.3, -0.25) is 4.98 Å². The van der Waals surface area contributed by atoms with Gasteiger partial charge < -0.3 is 5.32 Å². The molecule has 0 amide bonds. The molecule has 1 aliphatic heterocycles. The summed E-state index contributed by atoms with van der Waals surface area (Å²) in [6, 6.07) is 0.380. The average Bonchev–Trinajstić information content (AvgIpc) is 3.06. The van der Waals surface area contributed by atoms with Crippen LogP contribution in [0.3, 0.4) is 0 Å². The van der Waals surface area contributed by atoms with E-state index in [1.165, 1.54) is 12.8 Å². The Morgan fingerprint density at radius 1 is 1.25 bits per heavy atom. The maximum absolute atomic E-state index is 11.6. The maximum Gasteiger partial charge on any atom is 0.343 e. The molecule has 1 saturated heterocycles. The van der Waals surface area contributed by atoms with E-state index < -0.39 is 0 Å². The summed E-state index contributed by atoms with van der Waals surface area (Å²) in [6.07, 6.45) is 5.53. The Labute approximate surface area is 94.2 Å². The number of H-pyrrole nitrogens is 1. The number of nitrogens with zero attached hydrogens (tertiary/aromatic N) is 2. The quantitative estimate of drug-likeness (QED) is 0.780. The number of hydrogen-bond acceptors (Lipinski definition) is 3. The van der Waals surface area contributed by atoms with E-state index in [9.17, 15) is 4.79 Å². The molecule has 5 nitrogen and oxygen atoms in total. The van der Waals surface area contributed by atoms with Crippen molar-refractivity contribution in [1.82, 2.24) is 20.1 Å². The van der Waals surface area contributed by atoms with Gasteiger partial charge in [-0.2, -0.15) is 5.10 Å². The second-order valence-corrected chi connectivity index (χ2v) is 4.95. The van der Waals surface area contributed by atoms with Crippen LogP contribution in [0.15, 0.2) is 4.79 Å². The van der Waals surface area contributed by atoms with Crippen molar-refractivity contribution in [3.05, 3.63) is 16.3 Å². The van der Waals surface area contributed by atoms with Gasteiger partial charge >= 0.3 is 5.69 Å². The van der Waals surface area contributed by atoms with Crippen molar-refractivity contribution in [3.8, 4) is 0 Å². The molecule has 0 unspecified atom stereocenters. The Hall–Kier alpha value is -1.10. The Morgan fingerprint density at radius 3 is 2.69 bits per heavy atom. The average molecular weight is 222 g/mol. The van der Waals surface area contributed by atoms with Gasteiger partial charge in [-0.25, -0.2) is 9.48 Å². The van der Waals surface area contributed by atoms with Gasteiger partial charge in [0, 0.05) is 6.42 Å². The van der Waals surface area contributed by atoms with E-state index in [1.54, 1.807) is 4.68 Å². The largest absolute Gasteiger partial charge is 0.343 e. The van der Waals surface area contributed by atoms with Crippen LogP contribution in [0.4, 0.5) is 0 Å². The van der Waals surface area contributed by atoms with Crippen LogP contribution >= 0.6 is 0 Å². The van der Waals surface area contributed by atoms with Crippen molar-refractivity contribution >= 4 is 0 Å². The smallest absolute Gasteiger partial charge is 0.317 e. The molecular formula is C11H18N4O. The van der Waals surface area contributed by atoms with Gasteiger partial charge in [0.25, 0.3) is 0 Å². The normalized spacial score (nSPS) is 22.5. The molecule has 1 aromatic heterocycles. The van der Waals surface area contributed by atoms with E-state index >= 15 is 0 Å². The summed E-state index contributed by atoms with van der Waals surface area (Å²) in [5.74, 6) is 1.56. The van der Waals surface area contributed by atoms with E-state index in [2.05, 4.69) is 15.4 Å². The molecule has 1 aromatic rings. The van der Waals surface area contributed by atoms with Crippen molar-refractivity contribution in [2.24, 2.45) is 5.92 Å². The fourth-order valence-corrected chi connectivity index (χ4v) is 2.40. The Balaban J connectivity index is 1.69. The molecule has 3 rings (SSSR count). The van der Waals surface area contributed by atoms with Gasteiger partial charge in [0.15, 0.2) is 0 Å². The number of aromatic nitrogens is 3. The molecule has 2 aliphatic rings. The second kappa shape index (κ2) is 4.05. The third-order valence-electron chi connectivity index (χ3n) is 3.52.